The minimum absolute atomic E-state index is 0.375. The Morgan fingerprint density at radius 2 is 1.79 bits per heavy atom. The van der Waals surface area contributed by atoms with Crippen molar-refractivity contribution in [2.24, 2.45) is 0 Å². The molecule has 0 fully saturated rings. The molecule has 0 bridgehead atoms. The van der Waals surface area contributed by atoms with Crippen LogP contribution >= 0.6 is 0 Å². The summed E-state index contributed by atoms with van der Waals surface area (Å²) in [6.07, 6.45) is 1.41. The quantitative estimate of drug-likeness (QED) is 0.722. The van der Waals surface area contributed by atoms with Gasteiger partial charge in [-0.2, -0.15) is 0 Å². The Hall–Kier alpha value is -2.76. The third-order valence-electron chi connectivity index (χ3n) is 2.42. The molecule has 3 amide bonds. The van der Waals surface area contributed by atoms with Crippen molar-refractivity contribution in [3.8, 4) is 0 Å². The molecule has 6 heteroatoms. The van der Waals surface area contributed by atoms with Crippen LogP contribution in [0, 0.1) is 6.92 Å². The second kappa shape index (κ2) is 5.72. The number of furan rings is 1. The number of urea groups is 1. The van der Waals surface area contributed by atoms with Crippen molar-refractivity contribution in [2.45, 2.75) is 6.92 Å². The number of carbonyl (C=O) groups excluding carboxylic acids is 2. The summed E-state index contributed by atoms with van der Waals surface area (Å²) in [4.78, 5) is 23.2. The highest BCUT2D eigenvalue weighted by Crippen LogP contribution is 2.07. The average Bonchev–Trinajstić information content (AvgIpc) is 2.83. The van der Waals surface area contributed by atoms with Gasteiger partial charge in [0.2, 0.25) is 0 Å². The maximum Gasteiger partial charge on any atom is 0.337 e. The van der Waals surface area contributed by atoms with E-state index in [2.05, 4.69) is 16.2 Å². The number of hydrazine groups is 1. The summed E-state index contributed by atoms with van der Waals surface area (Å²) in [5.74, 6) is 0.0530. The molecule has 1 aromatic heterocycles. The van der Waals surface area contributed by atoms with Gasteiger partial charge in [-0.3, -0.25) is 10.2 Å². The zero-order valence-electron chi connectivity index (χ0n) is 10.3. The second-order valence-electron chi connectivity index (χ2n) is 3.79. The Labute approximate surface area is 109 Å². The fourth-order valence-electron chi connectivity index (χ4n) is 1.49. The van der Waals surface area contributed by atoms with Crippen LogP contribution in [-0.4, -0.2) is 11.9 Å². The summed E-state index contributed by atoms with van der Waals surface area (Å²) in [7, 11) is 0. The van der Waals surface area contributed by atoms with Crippen LogP contribution in [0.4, 0.5) is 10.5 Å². The van der Waals surface area contributed by atoms with Crippen LogP contribution in [0.3, 0.4) is 0 Å². The molecular formula is C13H13N3O3. The fourth-order valence-corrected chi connectivity index (χ4v) is 1.49. The van der Waals surface area contributed by atoms with Gasteiger partial charge in [0.1, 0.15) is 5.76 Å². The van der Waals surface area contributed by atoms with E-state index in [1.807, 2.05) is 6.07 Å². The topological polar surface area (TPSA) is 83.4 Å². The van der Waals surface area contributed by atoms with Crippen molar-refractivity contribution in [1.82, 2.24) is 10.9 Å². The first-order chi connectivity index (χ1) is 9.16. The number of carbonyl (C=O) groups is 2. The summed E-state index contributed by atoms with van der Waals surface area (Å²) in [6, 6.07) is 9.91. The van der Waals surface area contributed by atoms with Crippen LogP contribution in [0.5, 0.6) is 0 Å². The van der Waals surface area contributed by atoms with Crippen molar-refractivity contribution < 1.29 is 14.0 Å². The SMILES string of the molecule is Cc1occc1C(=O)NNC(=O)Nc1ccccc1. The standard InChI is InChI=1S/C13H13N3O3/c1-9-11(7-8-19-9)12(17)15-16-13(18)14-10-5-3-2-4-6-10/h2-8H,1H3,(H,15,17)(H2,14,16,18). The van der Waals surface area contributed by atoms with Crippen LogP contribution in [0.1, 0.15) is 16.1 Å². The van der Waals surface area contributed by atoms with Gasteiger partial charge in [-0.25, -0.2) is 10.2 Å². The summed E-state index contributed by atoms with van der Waals surface area (Å²) < 4.78 is 5.00. The molecule has 3 N–H and O–H groups in total. The van der Waals surface area contributed by atoms with Gasteiger partial charge in [-0.1, -0.05) is 18.2 Å². The number of anilines is 1. The molecule has 0 saturated carbocycles. The zero-order chi connectivity index (χ0) is 13.7. The molecule has 0 unspecified atom stereocenters. The minimum atomic E-state index is -0.527. The number of para-hydroxylation sites is 1. The van der Waals surface area contributed by atoms with E-state index in [0.29, 0.717) is 17.0 Å². The number of hydrogen-bond donors (Lipinski definition) is 3. The molecule has 2 rings (SSSR count). The van der Waals surface area contributed by atoms with Crippen molar-refractivity contribution in [3.63, 3.8) is 0 Å². The number of rotatable bonds is 2. The summed E-state index contributed by atoms with van der Waals surface area (Å²) >= 11 is 0. The number of hydrogen-bond acceptors (Lipinski definition) is 3. The Balaban J connectivity index is 1.84. The van der Waals surface area contributed by atoms with Crippen LogP contribution in [-0.2, 0) is 0 Å². The van der Waals surface area contributed by atoms with E-state index < -0.39 is 11.9 Å². The molecule has 0 radical (unpaired) electrons. The van der Waals surface area contributed by atoms with Crippen molar-refractivity contribution in [1.29, 1.82) is 0 Å². The zero-order valence-corrected chi connectivity index (χ0v) is 10.3. The molecular weight excluding hydrogens is 246 g/mol. The normalized spacial score (nSPS) is 9.74. The average molecular weight is 259 g/mol. The minimum Gasteiger partial charge on any atom is -0.469 e. The van der Waals surface area contributed by atoms with Crippen LogP contribution in [0.15, 0.2) is 47.1 Å². The molecule has 1 heterocycles. The molecule has 19 heavy (non-hydrogen) atoms. The van der Waals surface area contributed by atoms with E-state index in [4.69, 9.17) is 4.42 Å². The van der Waals surface area contributed by atoms with Crippen molar-refractivity contribution in [2.75, 3.05) is 5.32 Å². The van der Waals surface area contributed by atoms with E-state index in [9.17, 15) is 9.59 Å². The summed E-state index contributed by atoms with van der Waals surface area (Å²) in [5.41, 5.74) is 5.55. The molecule has 0 aliphatic carbocycles. The molecule has 2 aromatic rings. The predicted octanol–water partition coefficient (Wildman–Crippen LogP) is 2.05. The van der Waals surface area contributed by atoms with E-state index >= 15 is 0 Å². The van der Waals surface area contributed by atoms with Gasteiger partial charge < -0.3 is 9.73 Å². The molecule has 0 saturated heterocycles. The van der Waals surface area contributed by atoms with Gasteiger partial charge >= 0.3 is 6.03 Å². The maximum atomic E-state index is 11.7. The molecule has 0 aliphatic rings. The Morgan fingerprint density at radius 1 is 1.05 bits per heavy atom. The molecule has 6 nitrogen and oxygen atoms in total. The number of nitrogens with one attached hydrogen (secondary N) is 3. The first-order valence-electron chi connectivity index (χ1n) is 5.63. The Bertz CT molecular complexity index is 578. The number of benzene rings is 1. The lowest BCUT2D eigenvalue weighted by Gasteiger charge is -2.08. The summed E-state index contributed by atoms with van der Waals surface area (Å²) in [6.45, 7) is 1.67. The smallest absolute Gasteiger partial charge is 0.337 e. The fraction of sp³-hybridized carbons (Fsp3) is 0.0769. The molecule has 98 valence electrons. The number of amides is 3. The second-order valence-corrected chi connectivity index (χ2v) is 3.79. The lowest BCUT2D eigenvalue weighted by molar-refractivity contribution is 0.0936. The lowest BCUT2D eigenvalue weighted by Crippen LogP contribution is -2.43. The first kappa shape index (κ1) is 12.7. The largest absolute Gasteiger partial charge is 0.469 e. The Kier molecular flexibility index (Phi) is 3.82. The summed E-state index contributed by atoms with van der Waals surface area (Å²) in [5, 5.41) is 2.57. The first-order valence-corrected chi connectivity index (χ1v) is 5.63. The van der Waals surface area contributed by atoms with E-state index in [1.54, 1.807) is 31.2 Å². The van der Waals surface area contributed by atoms with Gasteiger partial charge in [-0.05, 0) is 25.1 Å². The van der Waals surface area contributed by atoms with Crippen LogP contribution in [0.2, 0.25) is 0 Å². The molecule has 0 atom stereocenters. The molecule has 0 aliphatic heterocycles. The van der Waals surface area contributed by atoms with Crippen molar-refractivity contribution in [3.05, 3.63) is 54.0 Å². The third-order valence-corrected chi connectivity index (χ3v) is 2.42. The predicted molar refractivity (Wildman–Crippen MR) is 69.5 cm³/mol. The van der Waals surface area contributed by atoms with Gasteiger partial charge in [0.25, 0.3) is 5.91 Å². The third kappa shape index (κ3) is 3.35. The van der Waals surface area contributed by atoms with Crippen LogP contribution < -0.4 is 16.2 Å². The van der Waals surface area contributed by atoms with Crippen molar-refractivity contribution >= 4 is 17.6 Å². The molecule has 0 spiro atoms. The Morgan fingerprint density at radius 3 is 2.42 bits per heavy atom. The highest BCUT2D eigenvalue weighted by atomic mass is 16.3. The maximum absolute atomic E-state index is 11.7. The molecule has 1 aromatic carbocycles. The monoisotopic (exact) mass is 259 g/mol. The van der Waals surface area contributed by atoms with E-state index in [-0.39, 0.29) is 0 Å². The van der Waals surface area contributed by atoms with Gasteiger partial charge in [0.15, 0.2) is 0 Å². The van der Waals surface area contributed by atoms with E-state index in [0.717, 1.165) is 0 Å². The van der Waals surface area contributed by atoms with Gasteiger partial charge in [0.05, 0.1) is 11.8 Å². The van der Waals surface area contributed by atoms with E-state index in [1.165, 1.54) is 12.3 Å². The number of aryl methyl sites for hydroxylation is 1. The highest BCUT2D eigenvalue weighted by Gasteiger charge is 2.11. The van der Waals surface area contributed by atoms with Gasteiger partial charge in [-0.15, -0.1) is 0 Å². The lowest BCUT2D eigenvalue weighted by atomic mass is 10.2. The van der Waals surface area contributed by atoms with Gasteiger partial charge in [0, 0.05) is 5.69 Å². The highest BCUT2D eigenvalue weighted by molar-refractivity contribution is 5.97. The van der Waals surface area contributed by atoms with Crippen LogP contribution in [0.25, 0.3) is 0 Å².